The Morgan fingerprint density at radius 1 is 0.882 bits per heavy atom. The first-order valence-electron chi connectivity index (χ1n) is 5.49. The molecule has 2 aromatic rings. The molecule has 0 atom stereocenters. The molecular formula is C14H13NO2. The third-order valence-electron chi connectivity index (χ3n) is 2.74. The van der Waals surface area contributed by atoms with E-state index in [-0.39, 0.29) is 17.4 Å². The lowest BCUT2D eigenvalue weighted by atomic mass is 9.91. The van der Waals surface area contributed by atoms with E-state index in [2.05, 4.69) is 0 Å². The Kier molecular flexibility index (Phi) is 3.50. The Morgan fingerprint density at radius 2 is 1.29 bits per heavy atom. The van der Waals surface area contributed by atoms with E-state index in [1.165, 1.54) is 0 Å². The second-order valence-electron chi connectivity index (χ2n) is 3.89. The van der Waals surface area contributed by atoms with Crippen molar-refractivity contribution in [2.45, 2.75) is 5.92 Å². The van der Waals surface area contributed by atoms with Gasteiger partial charge in [0.05, 0.1) is 5.92 Å². The lowest BCUT2D eigenvalue weighted by Crippen LogP contribution is -2.13. The average Bonchev–Trinajstić information content (AvgIpc) is 2.38. The van der Waals surface area contributed by atoms with Gasteiger partial charge >= 0.3 is 0 Å². The Balaban J connectivity index is 2.36. The van der Waals surface area contributed by atoms with E-state index in [9.17, 15) is 10.1 Å². The zero-order chi connectivity index (χ0) is 12.1. The van der Waals surface area contributed by atoms with Gasteiger partial charge in [-0.1, -0.05) is 60.7 Å². The van der Waals surface area contributed by atoms with Gasteiger partial charge in [0.1, 0.15) is 0 Å². The molecule has 2 aromatic carbocycles. The second kappa shape index (κ2) is 5.25. The molecule has 0 fully saturated rings. The van der Waals surface area contributed by atoms with Crippen LogP contribution in [0.25, 0.3) is 0 Å². The molecule has 3 nitrogen and oxygen atoms in total. The van der Waals surface area contributed by atoms with Gasteiger partial charge < -0.3 is 0 Å². The molecule has 0 aliphatic rings. The molecule has 0 aliphatic heterocycles. The number of hydrogen-bond acceptors (Lipinski definition) is 2. The maximum atomic E-state index is 10.8. The fourth-order valence-corrected chi connectivity index (χ4v) is 1.92. The second-order valence-corrected chi connectivity index (χ2v) is 3.89. The third kappa shape index (κ3) is 2.91. The van der Waals surface area contributed by atoms with Gasteiger partial charge in [-0.3, -0.25) is 10.1 Å². The molecule has 17 heavy (non-hydrogen) atoms. The van der Waals surface area contributed by atoms with Gasteiger partial charge in [0.25, 0.3) is 0 Å². The molecule has 0 aromatic heterocycles. The summed E-state index contributed by atoms with van der Waals surface area (Å²) in [7, 11) is 0. The SMILES string of the molecule is O=[N+]([O-])CC(c1ccccc1)c1ccccc1. The van der Waals surface area contributed by atoms with Crippen molar-refractivity contribution >= 4 is 0 Å². The predicted octanol–water partition coefficient (Wildman–Crippen LogP) is 3.10. The maximum Gasteiger partial charge on any atom is 0.214 e. The summed E-state index contributed by atoms with van der Waals surface area (Å²) in [6.07, 6.45) is 0. The van der Waals surface area contributed by atoms with E-state index < -0.39 is 0 Å². The van der Waals surface area contributed by atoms with Crippen LogP contribution in [0.3, 0.4) is 0 Å². The summed E-state index contributed by atoms with van der Waals surface area (Å²) in [5, 5.41) is 10.8. The van der Waals surface area contributed by atoms with Crippen LogP contribution in [0, 0.1) is 10.1 Å². The highest BCUT2D eigenvalue weighted by molar-refractivity contribution is 5.32. The Bertz CT molecular complexity index is 443. The smallest absolute Gasteiger partial charge is 0.214 e. The molecule has 0 heterocycles. The first-order valence-corrected chi connectivity index (χ1v) is 5.49. The molecule has 0 spiro atoms. The molecule has 0 saturated carbocycles. The number of hydrogen-bond donors (Lipinski definition) is 0. The van der Waals surface area contributed by atoms with Crippen molar-refractivity contribution in [2.24, 2.45) is 0 Å². The van der Waals surface area contributed by atoms with Crippen LogP contribution in [-0.4, -0.2) is 11.5 Å². The van der Waals surface area contributed by atoms with E-state index in [1.807, 2.05) is 60.7 Å². The molecule has 0 N–H and O–H groups in total. The fraction of sp³-hybridized carbons (Fsp3) is 0.143. The normalized spacial score (nSPS) is 10.4. The summed E-state index contributed by atoms with van der Waals surface area (Å²) in [5.41, 5.74) is 1.96. The summed E-state index contributed by atoms with van der Waals surface area (Å²) in [4.78, 5) is 10.5. The lowest BCUT2D eigenvalue weighted by molar-refractivity contribution is -0.481. The molecule has 3 heteroatoms. The molecule has 0 unspecified atom stereocenters. The largest absolute Gasteiger partial charge is 0.265 e. The van der Waals surface area contributed by atoms with Gasteiger partial charge in [-0.15, -0.1) is 0 Å². The molecule has 0 saturated heterocycles. The quantitative estimate of drug-likeness (QED) is 0.595. The molecule has 0 bridgehead atoms. The van der Waals surface area contributed by atoms with E-state index in [0.29, 0.717) is 0 Å². The minimum atomic E-state index is -0.259. The highest BCUT2D eigenvalue weighted by atomic mass is 16.6. The number of nitrogens with zero attached hydrogens (tertiary/aromatic N) is 1. The molecular weight excluding hydrogens is 214 g/mol. The summed E-state index contributed by atoms with van der Waals surface area (Å²) in [6.45, 7) is -0.0754. The average molecular weight is 227 g/mol. The van der Waals surface area contributed by atoms with Crippen molar-refractivity contribution in [3.05, 3.63) is 81.9 Å². The fourth-order valence-electron chi connectivity index (χ4n) is 1.92. The van der Waals surface area contributed by atoms with E-state index in [4.69, 9.17) is 0 Å². The van der Waals surface area contributed by atoms with Crippen molar-refractivity contribution in [1.29, 1.82) is 0 Å². The number of nitro groups is 1. The predicted molar refractivity (Wildman–Crippen MR) is 66.6 cm³/mol. The summed E-state index contributed by atoms with van der Waals surface area (Å²) < 4.78 is 0. The van der Waals surface area contributed by atoms with Gasteiger partial charge in [0.15, 0.2) is 0 Å². The van der Waals surface area contributed by atoms with Gasteiger partial charge in [-0.25, -0.2) is 0 Å². The monoisotopic (exact) mass is 227 g/mol. The van der Waals surface area contributed by atoms with Gasteiger partial charge in [0.2, 0.25) is 6.54 Å². The standard InChI is InChI=1S/C14H13NO2/c16-15(17)11-14(12-7-3-1-4-8-12)13-9-5-2-6-10-13/h1-10,14H,11H2. The van der Waals surface area contributed by atoms with Crippen molar-refractivity contribution < 1.29 is 4.92 Å². The molecule has 0 amide bonds. The van der Waals surface area contributed by atoms with Crippen molar-refractivity contribution in [1.82, 2.24) is 0 Å². The molecule has 2 rings (SSSR count). The number of benzene rings is 2. The van der Waals surface area contributed by atoms with Crippen LogP contribution in [0.2, 0.25) is 0 Å². The van der Waals surface area contributed by atoms with Gasteiger partial charge in [0, 0.05) is 4.92 Å². The third-order valence-corrected chi connectivity index (χ3v) is 2.74. The minimum Gasteiger partial charge on any atom is -0.265 e. The van der Waals surface area contributed by atoms with Crippen LogP contribution in [0.4, 0.5) is 0 Å². The van der Waals surface area contributed by atoms with Gasteiger partial charge in [-0.2, -0.15) is 0 Å². The van der Waals surface area contributed by atoms with Crippen LogP contribution in [0.5, 0.6) is 0 Å². The minimum absolute atomic E-state index is 0.0754. The summed E-state index contributed by atoms with van der Waals surface area (Å²) in [6, 6.07) is 19.2. The summed E-state index contributed by atoms with van der Waals surface area (Å²) in [5.74, 6) is -0.174. The van der Waals surface area contributed by atoms with Crippen LogP contribution in [0.1, 0.15) is 17.0 Å². The Morgan fingerprint density at radius 3 is 1.65 bits per heavy atom. The molecule has 0 aliphatic carbocycles. The summed E-state index contributed by atoms with van der Waals surface area (Å²) >= 11 is 0. The molecule has 86 valence electrons. The maximum absolute atomic E-state index is 10.8. The highest BCUT2D eigenvalue weighted by Crippen LogP contribution is 2.24. The van der Waals surface area contributed by atoms with Crippen LogP contribution >= 0.6 is 0 Å². The van der Waals surface area contributed by atoms with Gasteiger partial charge in [-0.05, 0) is 11.1 Å². The van der Waals surface area contributed by atoms with Crippen molar-refractivity contribution in [3.63, 3.8) is 0 Å². The topological polar surface area (TPSA) is 43.1 Å². The Hall–Kier alpha value is -2.16. The number of rotatable bonds is 4. The lowest BCUT2D eigenvalue weighted by Gasteiger charge is -2.13. The van der Waals surface area contributed by atoms with Crippen molar-refractivity contribution in [2.75, 3.05) is 6.54 Å². The van der Waals surface area contributed by atoms with E-state index >= 15 is 0 Å². The molecule has 0 radical (unpaired) electrons. The van der Waals surface area contributed by atoms with Crippen LogP contribution in [-0.2, 0) is 0 Å². The highest BCUT2D eigenvalue weighted by Gasteiger charge is 2.19. The van der Waals surface area contributed by atoms with E-state index in [1.54, 1.807) is 0 Å². The first kappa shape index (κ1) is 11.3. The van der Waals surface area contributed by atoms with Crippen molar-refractivity contribution in [3.8, 4) is 0 Å². The van der Waals surface area contributed by atoms with Crippen LogP contribution < -0.4 is 0 Å². The van der Waals surface area contributed by atoms with Crippen LogP contribution in [0.15, 0.2) is 60.7 Å². The van der Waals surface area contributed by atoms with E-state index in [0.717, 1.165) is 11.1 Å². The zero-order valence-electron chi connectivity index (χ0n) is 9.32. The zero-order valence-corrected chi connectivity index (χ0v) is 9.32. The Labute approximate surface area is 99.9 Å². The first-order chi connectivity index (χ1) is 8.27.